The van der Waals surface area contributed by atoms with Crippen molar-refractivity contribution in [3.8, 4) is 0 Å². The van der Waals surface area contributed by atoms with Crippen molar-refractivity contribution in [2.24, 2.45) is 40.4 Å². The SMILES string of the molecule is CC[C@H]1[C@@H](O[C@@]2(C)CC[C@@H](C)CO2)C[C@H]2[C@@H]3CC=C4C[C@@H](O[C@@H]5OC(CO)[C@@H](O[C@@H]6OC(C)[C@H](O[C@@H]7OC(C)[C@H](O)C(O)[C@@H]7O)C(O)[C@@H]6O)[C@H](O)C5O[C@@H]5OC(C)[C@H](O)C(O)[C@@H]5O)CC[C@]4(C)[C@H]3CC[C@@]21C. The van der Waals surface area contributed by atoms with Crippen molar-refractivity contribution in [1.29, 1.82) is 0 Å². The molecule has 20 heteroatoms. The average Bonchev–Trinajstić information content (AvgIpc) is 3.64. The maximum atomic E-state index is 12.3. The third kappa shape index (κ3) is 10.2. The number of rotatable bonds is 12. The van der Waals surface area contributed by atoms with Gasteiger partial charge in [-0.05, 0) is 119 Å². The van der Waals surface area contributed by atoms with Gasteiger partial charge in [0.15, 0.2) is 30.9 Å². The second kappa shape index (κ2) is 21.6. The molecule has 72 heavy (non-hydrogen) atoms. The minimum atomic E-state index is -1.85. The number of fused-ring (bicyclic) bond motifs is 5. The molecule has 0 amide bonds. The van der Waals surface area contributed by atoms with E-state index in [2.05, 4.69) is 40.7 Å². The monoisotopic (exact) mass is 1030 g/mol. The first kappa shape index (κ1) is 55.7. The number of hydrogen-bond donors (Lipinski definition) is 10. The van der Waals surface area contributed by atoms with Gasteiger partial charge in [-0.1, -0.05) is 45.8 Å². The molecule has 9 aliphatic rings. The molecule has 20 nitrogen and oxygen atoms in total. The number of aliphatic hydroxyl groups is 10. The maximum absolute atomic E-state index is 12.3. The van der Waals surface area contributed by atoms with Gasteiger partial charge in [0.05, 0.1) is 43.7 Å². The van der Waals surface area contributed by atoms with E-state index in [1.807, 2.05) is 0 Å². The fraction of sp³-hybridized carbons (Fsp3) is 0.962. The largest absolute Gasteiger partial charge is 0.394 e. The second-order valence-corrected chi connectivity index (χ2v) is 23.9. The Bertz CT molecular complexity index is 1850. The van der Waals surface area contributed by atoms with Gasteiger partial charge in [0.2, 0.25) is 0 Å². The van der Waals surface area contributed by atoms with Crippen molar-refractivity contribution in [2.45, 2.75) is 260 Å². The molecule has 5 aliphatic heterocycles. The first-order valence-electron chi connectivity index (χ1n) is 27.0. The number of allylic oxidation sites excluding steroid dienone is 1. The molecular weight excluding hydrogens is 945 g/mol. The van der Waals surface area contributed by atoms with E-state index in [0.29, 0.717) is 42.4 Å². The lowest BCUT2D eigenvalue weighted by Crippen LogP contribution is -2.67. The number of hydrogen-bond acceptors (Lipinski definition) is 20. The molecular formula is C52H86O20. The zero-order valence-electron chi connectivity index (χ0n) is 43.2. The Morgan fingerprint density at radius 1 is 0.597 bits per heavy atom. The summed E-state index contributed by atoms with van der Waals surface area (Å²) < 4.78 is 62.1. The zero-order chi connectivity index (χ0) is 51.9. The molecule has 0 aromatic carbocycles. The third-order valence-corrected chi connectivity index (χ3v) is 19.3. The van der Waals surface area contributed by atoms with E-state index >= 15 is 0 Å². The fourth-order valence-corrected chi connectivity index (χ4v) is 14.8. The summed E-state index contributed by atoms with van der Waals surface area (Å²) >= 11 is 0. The molecule has 0 radical (unpaired) electrons. The molecule has 10 N–H and O–H groups in total. The van der Waals surface area contributed by atoms with E-state index in [1.54, 1.807) is 0 Å². The van der Waals surface area contributed by atoms with Crippen molar-refractivity contribution in [2.75, 3.05) is 13.2 Å². The lowest BCUT2D eigenvalue weighted by atomic mass is 9.47. The summed E-state index contributed by atoms with van der Waals surface area (Å²) in [7, 11) is 0. The Morgan fingerprint density at radius 3 is 1.79 bits per heavy atom. The van der Waals surface area contributed by atoms with Gasteiger partial charge in [-0.15, -0.1) is 0 Å². The Morgan fingerprint density at radius 2 is 1.19 bits per heavy atom. The van der Waals surface area contributed by atoms with E-state index in [0.717, 1.165) is 58.0 Å². The predicted molar refractivity (Wildman–Crippen MR) is 251 cm³/mol. The topological polar surface area (TPSA) is 295 Å². The molecule has 0 bridgehead atoms. The molecule has 8 fully saturated rings. The van der Waals surface area contributed by atoms with E-state index in [9.17, 15) is 51.1 Å². The van der Waals surface area contributed by atoms with Crippen LogP contribution in [0.2, 0.25) is 0 Å². The average molecular weight is 1030 g/mol. The van der Waals surface area contributed by atoms with Crippen molar-refractivity contribution in [1.82, 2.24) is 0 Å². The summed E-state index contributed by atoms with van der Waals surface area (Å²) in [5.74, 6) is 1.94. The van der Waals surface area contributed by atoms with Crippen LogP contribution in [0.4, 0.5) is 0 Å². The molecule has 5 saturated heterocycles. The Kier molecular flexibility index (Phi) is 16.7. The van der Waals surface area contributed by atoms with Crippen LogP contribution in [0.3, 0.4) is 0 Å². The Balaban J connectivity index is 0.900. The van der Waals surface area contributed by atoms with Gasteiger partial charge >= 0.3 is 0 Å². The number of ether oxygens (including phenoxy) is 10. The van der Waals surface area contributed by atoms with Crippen LogP contribution in [0.1, 0.15) is 120 Å². The van der Waals surface area contributed by atoms with Gasteiger partial charge in [0.25, 0.3) is 0 Å². The van der Waals surface area contributed by atoms with Crippen molar-refractivity contribution < 1.29 is 98.4 Å². The van der Waals surface area contributed by atoms with Crippen molar-refractivity contribution in [3.63, 3.8) is 0 Å². The van der Waals surface area contributed by atoms with Gasteiger partial charge in [-0.3, -0.25) is 0 Å². The van der Waals surface area contributed by atoms with E-state index < -0.39 is 141 Å². The van der Waals surface area contributed by atoms with Crippen LogP contribution < -0.4 is 0 Å². The molecule has 0 aromatic heterocycles. The van der Waals surface area contributed by atoms with Gasteiger partial charge in [-0.25, -0.2) is 0 Å². The zero-order valence-corrected chi connectivity index (χ0v) is 43.2. The summed E-state index contributed by atoms with van der Waals surface area (Å²) in [6.45, 7) is 16.1. The molecule has 3 saturated carbocycles. The molecule has 0 aromatic rings. The minimum Gasteiger partial charge on any atom is -0.394 e. The summed E-state index contributed by atoms with van der Waals surface area (Å²) in [5.41, 5.74) is 1.41. The Labute approximate surface area is 423 Å². The van der Waals surface area contributed by atoms with Crippen LogP contribution >= 0.6 is 0 Å². The van der Waals surface area contributed by atoms with Crippen LogP contribution in [-0.4, -0.2) is 205 Å². The first-order chi connectivity index (χ1) is 34.0. The van der Waals surface area contributed by atoms with Crippen molar-refractivity contribution in [3.05, 3.63) is 11.6 Å². The molecule has 0 spiro atoms. The lowest BCUT2D eigenvalue weighted by Gasteiger charge is -2.58. The Hall–Kier alpha value is -1.06. The van der Waals surface area contributed by atoms with Crippen LogP contribution in [0.15, 0.2) is 11.6 Å². The highest BCUT2D eigenvalue weighted by molar-refractivity contribution is 5.26. The molecule has 414 valence electrons. The first-order valence-corrected chi connectivity index (χ1v) is 27.0. The highest BCUT2D eigenvalue weighted by Gasteiger charge is 2.63. The molecule has 8 unspecified atom stereocenters. The fourth-order valence-electron chi connectivity index (χ4n) is 14.8. The third-order valence-electron chi connectivity index (χ3n) is 19.3. The molecule has 9 rings (SSSR count). The van der Waals surface area contributed by atoms with E-state index in [-0.39, 0.29) is 16.9 Å². The van der Waals surface area contributed by atoms with Gasteiger partial charge in [-0.2, -0.15) is 0 Å². The summed E-state index contributed by atoms with van der Waals surface area (Å²) in [6, 6.07) is 0. The van der Waals surface area contributed by atoms with Gasteiger partial charge in [0.1, 0.15) is 79.4 Å². The highest BCUT2D eigenvalue weighted by Crippen LogP contribution is 2.67. The van der Waals surface area contributed by atoms with Gasteiger partial charge in [0, 0.05) is 6.42 Å². The van der Waals surface area contributed by atoms with Gasteiger partial charge < -0.3 is 98.4 Å². The molecule has 5 heterocycles. The van der Waals surface area contributed by atoms with Crippen LogP contribution in [-0.2, 0) is 47.4 Å². The van der Waals surface area contributed by atoms with Crippen LogP contribution in [0.25, 0.3) is 0 Å². The molecule has 4 aliphatic carbocycles. The maximum Gasteiger partial charge on any atom is 0.187 e. The smallest absolute Gasteiger partial charge is 0.187 e. The predicted octanol–water partition coefficient (Wildman–Crippen LogP) is 0.874. The second-order valence-electron chi connectivity index (χ2n) is 23.9. The van der Waals surface area contributed by atoms with Crippen molar-refractivity contribution >= 4 is 0 Å². The number of aliphatic hydroxyl groups excluding tert-OH is 10. The lowest BCUT2D eigenvalue weighted by molar-refractivity contribution is -0.394. The van der Waals surface area contributed by atoms with Crippen LogP contribution in [0.5, 0.6) is 0 Å². The summed E-state index contributed by atoms with van der Waals surface area (Å²) in [4.78, 5) is 0. The normalized spacial score (nSPS) is 56.1. The summed E-state index contributed by atoms with van der Waals surface area (Å²) in [6.07, 6.45) is -18.2. The standard InChI is InChI=1S/C52H86O20/c1-9-29-32(72-52(8)17-12-22(2)21-63-52)19-31-28-11-10-26-18-27(13-15-50(26,6)30(28)14-16-51(29,31)7)67-49-45(71-47-40(60)37(57)35(55)24(4)65-47)42(62)44(33(20-53)68-49)70-48-41(61)38(58)43(25(5)66-48)69-46-39(59)36(56)34(54)23(3)64-46/h10,22-25,27-49,53-62H,9,11-21H2,1-8H3/t22-,23?,24?,25?,27+,28-,29+,30+,31+,32+,33?,34+,35+,36?,37?,38?,39+,40+,41+,42+,43+,44-,45?,46+,47+,48+,49-,50+,51-,52+/m1/s1. The van der Waals surface area contributed by atoms with E-state index in [4.69, 9.17) is 47.4 Å². The molecule has 30 atom stereocenters. The minimum absolute atomic E-state index is 0.0695. The van der Waals surface area contributed by atoms with Crippen LogP contribution in [0, 0.1) is 40.4 Å². The van der Waals surface area contributed by atoms with E-state index in [1.165, 1.54) is 26.3 Å². The summed E-state index contributed by atoms with van der Waals surface area (Å²) in [5, 5.41) is 109. The highest BCUT2D eigenvalue weighted by atomic mass is 16.8. The quantitative estimate of drug-likeness (QED) is 0.121.